The van der Waals surface area contributed by atoms with Crippen LogP contribution in [0.15, 0.2) is 53.4 Å². The molecule has 0 bridgehead atoms. The fourth-order valence-electron chi connectivity index (χ4n) is 3.30. The monoisotopic (exact) mass is 417 g/mol. The van der Waals surface area contributed by atoms with Crippen molar-refractivity contribution in [2.75, 3.05) is 26.3 Å². The Kier molecular flexibility index (Phi) is 5.92. The SMILES string of the molecule is O=C(O)/C=C/C1Cc2cc(-c3ccc(SN4CCOCC4)cc3)cc(Cl)c2O1. The first-order valence-electron chi connectivity index (χ1n) is 9.10. The summed E-state index contributed by atoms with van der Waals surface area (Å²) in [5.74, 6) is -0.341. The molecule has 1 fully saturated rings. The van der Waals surface area contributed by atoms with E-state index in [0.29, 0.717) is 17.2 Å². The lowest BCUT2D eigenvalue weighted by Gasteiger charge is -2.25. The molecule has 2 aromatic rings. The summed E-state index contributed by atoms with van der Waals surface area (Å²) in [7, 11) is 0. The van der Waals surface area contributed by atoms with E-state index >= 15 is 0 Å². The smallest absolute Gasteiger partial charge is 0.328 e. The predicted octanol–water partition coefficient (Wildman–Crippen LogP) is 4.29. The van der Waals surface area contributed by atoms with E-state index < -0.39 is 5.97 Å². The van der Waals surface area contributed by atoms with E-state index in [1.165, 1.54) is 4.90 Å². The fraction of sp³-hybridized carbons (Fsp3) is 0.286. The van der Waals surface area contributed by atoms with Gasteiger partial charge >= 0.3 is 5.97 Å². The molecule has 2 aromatic carbocycles. The van der Waals surface area contributed by atoms with Crippen molar-refractivity contribution in [1.29, 1.82) is 0 Å². The maximum atomic E-state index is 10.7. The molecule has 7 heteroatoms. The van der Waals surface area contributed by atoms with Crippen LogP contribution in [0, 0.1) is 0 Å². The first kappa shape index (κ1) is 19.3. The summed E-state index contributed by atoms with van der Waals surface area (Å²) < 4.78 is 13.5. The number of ether oxygens (including phenoxy) is 2. The Morgan fingerprint density at radius 1 is 1.18 bits per heavy atom. The van der Waals surface area contributed by atoms with Gasteiger partial charge in [-0.15, -0.1) is 0 Å². The van der Waals surface area contributed by atoms with Crippen molar-refractivity contribution in [2.45, 2.75) is 17.4 Å². The summed E-state index contributed by atoms with van der Waals surface area (Å²) in [5, 5.41) is 9.33. The van der Waals surface area contributed by atoms with Gasteiger partial charge in [-0.3, -0.25) is 0 Å². The van der Waals surface area contributed by atoms with E-state index in [1.807, 2.05) is 6.07 Å². The standard InChI is InChI=1S/C21H20ClNO4S/c22-19-13-15(11-16-12-17(27-21(16)19)3-6-20(24)25)14-1-4-18(5-2-14)28-23-7-9-26-10-8-23/h1-6,11,13,17H,7-10,12H2,(H,24,25)/b6-3+. The second kappa shape index (κ2) is 8.57. The number of carbonyl (C=O) groups is 1. The number of hydrogen-bond acceptors (Lipinski definition) is 5. The normalized spacial score (nSPS) is 19.5. The zero-order valence-electron chi connectivity index (χ0n) is 15.1. The van der Waals surface area contributed by atoms with Gasteiger partial charge in [0.2, 0.25) is 0 Å². The average Bonchev–Trinajstić information content (AvgIpc) is 3.11. The second-order valence-electron chi connectivity index (χ2n) is 6.66. The van der Waals surface area contributed by atoms with Crippen molar-refractivity contribution < 1.29 is 19.4 Å². The van der Waals surface area contributed by atoms with Gasteiger partial charge in [-0.05, 0) is 53.4 Å². The zero-order chi connectivity index (χ0) is 19.5. The van der Waals surface area contributed by atoms with E-state index in [2.05, 4.69) is 34.6 Å². The minimum atomic E-state index is -0.985. The molecule has 0 aliphatic carbocycles. The van der Waals surface area contributed by atoms with Gasteiger partial charge in [0, 0.05) is 36.0 Å². The Morgan fingerprint density at radius 2 is 1.93 bits per heavy atom. The third kappa shape index (κ3) is 4.52. The number of morpholine rings is 1. The number of aliphatic carboxylic acids is 1. The summed E-state index contributed by atoms with van der Waals surface area (Å²) in [6.07, 6.45) is 2.97. The van der Waals surface area contributed by atoms with Crippen LogP contribution in [0.1, 0.15) is 5.56 Å². The number of fused-ring (bicyclic) bond motifs is 1. The molecule has 1 saturated heterocycles. The molecule has 4 rings (SSSR count). The van der Waals surface area contributed by atoms with Crippen LogP contribution in [0.5, 0.6) is 5.75 Å². The lowest BCUT2D eigenvalue weighted by atomic mass is 10.0. The van der Waals surface area contributed by atoms with E-state index in [0.717, 1.165) is 49.1 Å². The molecule has 1 unspecified atom stereocenters. The van der Waals surface area contributed by atoms with Crippen LogP contribution in [0.3, 0.4) is 0 Å². The molecule has 2 aliphatic heterocycles. The van der Waals surface area contributed by atoms with Crippen molar-refractivity contribution in [3.05, 3.63) is 59.1 Å². The highest BCUT2D eigenvalue weighted by Crippen LogP contribution is 2.40. The van der Waals surface area contributed by atoms with Crippen LogP contribution in [0.25, 0.3) is 11.1 Å². The second-order valence-corrected chi connectivity index (χ2v) is 8.24. The number of halogens is 1. The lowest BCUT2D eigenvalue weighted by molar-refractivity contribution is -0.131. The molecule has 0 radical (unpaired) electrons. The van der Waals surface area contributed by atoms with Gasteiger partial charge in [-0.2, -0.15) is 0 Å². The van der Waals surface area contributed by atoms with Gasteiger partial charge in [0.15, 0.2) is 0 Å². The van der Waals surface area contributed by atoms with E-state index in [4.69, 9.17) is 26.2 Å². The number of carboxylic acids is 1. The third-order valence-corrected chi connectivity index (χ3v) is 6.04. The fourth-order valence-corrected chi connectivity index (χ4v) is 4.47. The summed E-state index contributed by atoms with van der Waals surface area (Å²) in [5.41, 5.74) is 3.10. The molecule has 0 aromatic heterocycles. The van der Waals surface area contributed by atoms with Crippen molar-refractivity contribution in [1.82, 2.24) is 4.31 Å². The Hall–Kier alpha value is -1.99. The summed E-state index contributed by atoms with van der Waals surface area (Å²) in [4.78, 5) is 11.9. The first-order valence-corrected chi connectivity index (χ1v) is 10.2. The van der Waals surface area contributed by atoms with Crippen LogP contribution in [-0.4, -0.2) is 47.8 Å². The quantitative estimate of drug-likeness (QED) is 0.578. The number of rotatable bonds is 5. The Morgan fingerprint density at radius 3 is 2.64 bits per heavy atom. The van der Waals surface area contributed by atoms with Crippen LogP contribution >= 0.6 is 23.5 Å². The number of nitrogens with zero attached hydrogens (tertiary/aromatic N) is 1. The minimum absolute atomic E-state index is 0.300. The number of benzene rings is 2. The van der Waals surface area contributed by atoms with Crippen LogP contribution in [0.2, 0.25) is 5.02 Å². The molecule has 0 spiro atoms. The Bertz CT molecular complexity index is 894. The summed E-state index contributed by atoms with van der Waals surface area (Å²) >= 11 is 8.18. The molecule has 1 atom stereocenters. The highest BCUT2D eigenvalue weighted by molar-refractivity contribution is 7.97. The van der Waals surface area contributed by atoms with Gasteiger partial charge in [-0.1, -0.05) is 23.7 Å². The van der Waals surface area contributed by atoms with Gasteiger partial charge in [-0.25, -0.2) is 9.10 Å². The molecule has 0 amide bonds. The predicted molar refractivity (Wildman–Crippen MR) is 110 cm³/mol. The highest BCUT2D eigenvalue weighted by atomic mass is 35.5. The van der Waals surface area contributed by atoms with Crippen molar-refractivity contribution >= 4 is 29.5 Å². The zero-order valence-corrected chi connectivity index (χ0v) is 16.7. The summed E-state index contributed by atoms with van der Waals surface area (Å²) in [6.45, 7) is 3.43. The number of hydrogen-bond donors (Lipinski definition) is 1. The highest BCUT2D eigenvalue weighted by Gasteiger charge is 2.24. The van der Waals surface area contributed by atoms with Crippen molar-refractivity contribution in [2.24, 2.45) is 0 Å². The van der Waals surface area contributed by atoms with E-state index in [9.17, 15) is 4.79 Å². The van der Waals surface area contributed by atoms with Crippen LogP contribution in [0.4, 0.5) is 0 Å². The molecular weight excluding hydrogens is 398 g/mol. The topological polar surface area (TPSA) is 59.0 Å². The molecule has 0 saturated carbocycles. The molecular formula is C21H20ClNO4S. The van der Waals surface area contributed by atoms with Crippen LogP contribution in [-0.2, 0) is 16.0 Å². The summed E-state index contributed by atoms with van der Waals surface area (Å²) in [6, 6.07) is 12.4. The minimum Gasteiger partial charge on any atom is -0.484 e. The molecule has 1 N–H and O–H groups in total. The Labute approximate surface area is 173 Å². The number of carboxylic acid groups (broad SMARTS) is 1. The van der Waals surface area contributed by atoms with Gasteiger partial charge in [0.1, 0.15) is 11.9 Å². The molecule has 2 heterocycles. The molecule has 5 nitrogen and oxygen atoms in total. The maximum absolute atomic E-state index is 10.7. The average molecular weight is 418 g/mol. The van der Waals surface area contributed by atoms with Crippen LogP contribution < -0.4 is 4.74 Å². The largest absolute Gasteiger partial charge is 0.484 e. The third-order valence-electron chi connectivity index (χ3n) is 4.66. The van der Waals surface area contributed by atoms with Gasteiger partial charge < -0.3 is 14.6 Å². The van der Waals surface area contributed by atoms with E-state index in [1.54, 1.807) is 18.0 Å². The van der Waals surface area contributed by atoms with Gasteiger partial charge in [0.05, 0.1) is 18.2 Å². The lowest BCUT2D eigenvalue weighted by Crippen LogP contribution is -2.30. The Balaban J connectivity index is 1.49. The van der Waals surface area contributed by atoms with Gasteiger partial charge in [0.25, 0.3) is 0 Å². The van der Waals surface area contributed by atoms with E-state index in [-0.39, 0.29) is 6.10 Å². The maximum Gasteiger partial charge on any atom is 0.328 e. The van der Waals surface area contributed by atoms with Crippen molar-refractivity contribution in [3.8, 4) is 16.9 Å². The molecule has 28 heavy (non-hydrogen) atoms. The van der Waals surface area contributed by atoms with Crippen molar-refractivity contribution in [3.63, 3.8) is 0 Å². The molecule has 146 valence electrons. The first-order chi connectivity index (χ1) is 13.6. The molecule has 2 aliphatic rings.